The number of thiazole rings is 1. The number of anilines is 2. The van der Waals surface area contributed by atoms with E-state index in [9.17, 15) is 18.4 Å². The number of rotatable bonds is 6. The number of nitrogens with one attached hydrogen (secondary N) is 1. The number of alkyl halides is 2. The van der Waals surface area contributed by atoms with Gasteiger partial charge in [-0.2, -0.15) is 8.78 Å². The molecule has 138 valence electrons. The summed E-state index contributed by atoms with van der Waals surface area (Å²) in [6, 6.07) is 3.99. The molecule has 1 N–H and O–H groups in total. The number of carbonyl (C=O) groups excluding carboxylic acids is 2. The minimum Gasteiger partial charge on any atom is -0.433 e. The van der Waals surface area contributed by atoms with Gasteiger partial charge in [0.15, 0.2) is 5.13 Å². The van der Waals surface area contributed by atoms with E-state index in [2.05, 4.69) is 15.0 Å². The van der Waals surface area contributed by atoms with Crippen LogP contribution in [0.1, 0.15) is 18.5 Å². The standard InChI is InChI=1S/C16H14ClF2N3O3S/c17-11-6-9(3-4-12(11)25-15(18)19)20-13(23)7-10-8-26-16(21-10)22-5-1-2-14(22)24/h3-4,6,8,15H,1-2,5,7H2,(H,20,23). The number of carbonyl (C=O) groups is 2. The van der Waals surface area contributed by atoms with Crippen molar-refractivity contribution >= 4 is 45.6 Å². The Hall–Kier alpha value is -2.26. The van der Waals surface area contributed by atoms with E-state index in [-0.39, 0.29) is 29.0 Å². The smallest absolute Gasteiger partial charge is 0.387 e. The zero-order valence-corrected chi connectivity index (χ0v) is 14.9. The molecule has 6 nitrogen and oxygen atoms in total. The molecule has 1 aliphatic heterocycles. The van der Waals surface area contributed by atoms with Gasteiger partial charge in [-0.15, -0.1) is 11.3 Å². The summed E-state index contributed by atoms with van der Waals surface area (Å²) in [7, 11) is 0. The fourth-order valence-corrected chi connectivity index (χ4v) is 3.58. The maximum absolute atomic E-state index is 12.2. The molecule has 3 rings (SSSR count). The molecule has 0 radical (unpaired) electrons. The van der Waals surface area contributed by atoms with Gasteiger partial charge in [0, 0.05) is 24.0 Å². The largest absolute Gasteiger partial charge is 0.433 e. The number of nitrogens with zero attached hydrogens (tertiary/aromatic N) is 2. The van der Waals surface area contributed by atoms with Crippen molar-refractivity contribution in [2.75, 3.05) is 16.8 Å². The molecule has 2 aromatic rings. The van der Waals surface area contributed by atoms with Crippen LogP contribution in [0.15, 0.2) is 23.6 Å². The van der Waals surface area contributed by atoms with Crippen LogP contribution in [-0.2, 0) is 16.0 Å². The Bertz CT molecular complexity index is 831. The van der Waals surface area contributed by atoms with Gasteiger partial charge in [-0.25, -0.2) is 4.98 Å². The third-order valence-electron chi connectivity index (χ3n) is 3.62. The van der Waals surface area contributed by atoms with E-state index in [1.165, 1.54) is 29.5 Å². The normalized spacial score (nSPS) is 14.2. The first kappa shape index (κ1) is 18.5. The minimum atomic E-state index is -2.98. The molecule has 10 heteroatoms. The molecule has 26 heavy (non-hydrogen) atoms. The molecule has 2 amide bonds. The van der Waals surface area contributed by atoms with Crippen molar-refractivity contribution in [3.05, 3.63) is 34.3 Å². The molecular formula is C16H14ClF2N3O3S. The molecule has 1 aliphatic rings. The van der Waals surface area contributed by atoms with E-state index >= 15 is 0 Å². The molecular weight excluding hydrogens is 388 g/mol. The SMILES string of the molecule is O=C(Cc1csc(N2CCCC2=O)n1)Nc1ccc(OC(F)F)c(Cl)c1. The van der Waals surface area contributed by atoms with E-state index in [1.54, 1.807) is 10.3 Å². The van der Waals surface area contributed by atoms with Crippen LogP contribution in [0.5, 0.6) is 5.75 Å². The highest BCUT2D eigenvalue weighted by molar-refractivity contribution is 7.14. The second-order valence-corrected chi connectivity index (χ2v) is 6.76. The van der Waals surface area contributed by atoms with Gasteiger partial charge in [0.25, 0.3) is 0 Å². The van der Waals surface area contributed by atoms with Gasteiger partial charge in [0.05, 0.1) is 17.1 Å². The topological polar surface area (TPSA) is 71.5 Å². The lowest BCUT2D eigenvalue weighted by Crippen LogP contribution is -2.23. The average molecular weight is 402 g/mol. The third kappa shape index (κ3) is 4.47. The first-order chi connectivity index (χ1) is 12.4. The molecule has 0 aliphatic carbocycles. The molecule has 0 saturated carbocycles. The Morgan fingerprint density at radius 1 is 1.46 bits per heavy atom. The number of ether oxygens (including phenoxy) is 1. The highest BCUT2D eigenvalue weighted by Crippen LogP contribution is 2.29. The molecule has 1 saturated heterocycles. The van der Waals surface area contributed by atoms with Crippen molar-refractivity contribution in [1.29, 1.82) is 0 Å². The fourth-order valence-electron chi connectivity index (χ4n) is 2.49. The lowest BCUT2D eigenvalue weighted by atomic mass is 10.2. The van der Waals surface area contributed by atoms with Crippen LogP contribution < -0.4 is 15.0 Å². The van der Waals surface area contributed by atoms with E-state index in [0.29, 0.717) is 29.5 Å². The number of halogens is 3. The van der Waals surface area contributed by atoms with Crippen molar-refractivity contribution in [2.45, 2.75) is 25.9 Å². The number of hydrogen-bond donors (Lipinski definition) is 1. The first-order valence-electron chi connectivity index (χ1n) is 7.71. The Kier molecular flexibility index (Phi) is 5.67. The number of hydrogen-bond acceptors (Lipinski definition) is 5. The van der Waals surface area contributed by atoms with Crippen LogP contribution in [-0.4, -0.2) is 30.0 Å². The van der Waals surface area contributed by atoms with Gasteiger partial charge in [-0.3, -0.25) is 14.5 Å². The Balaban J connectivity index is 1.60. The quantitative estimate of drug-likeness (QED) is 0.801. The number of benzene rings is 1. The lowest BCUT2D eigenvalue weighted by molar-refractivity contribution is -0.117. The Labute approximate surface area is 156 Å². The van der Waals surface area contributed by atoms with Gasteiger partial charge >= 0.3 is 6.61 Å². The van der Waals surface area contributed by atoms with E-state index in [0.717, 1.165) is 6.42 Å². The molecule has 0 unspecified atom stereocenters. The molecule has 1 fully saturated rings. The first-order valence-corrected chi connectivity index (χ1v) is 8.97. The van der Waals surface area contributed by atoms with E-state index in [1.807, 2.05) is 0 Å². The second kappa shape index (κ2) is 7.96. The van der Waals surface area contributed by atoms with Crippen molar-refractivity contribution in [2.24, 2.45) is 0 Å². The van der Waals surface area contributed by atoms with Crippen molar-refractivity contribution in [3.63, 3.8) is 0 Å². The fraction of sp³-hybridized carbons (Fsp3) is 0.312. The van der Waals surface area contributed by atoms with Gasteiger partial charge in [0.1, 0.15) is 5.75 Å². The Morgan fingerprint density at radius 3 is 2.92 bits per heavy atom. The molecule has 0 atom stereocenters. The zero-order chi connectivity index (χ0) is 18.7. The number of amides is 2. The summed E-state index contributed by atoms with van der Waals surface area (Å²) in [5, 5.41) is 4.90. The van der Waals surface area contributed by atoms with Crippen LogP contribution in [0.25, 0.3) is 0 Å². The van der Waals surface area contributed by atoms with Crippen molar-refractivity contribution in [1.82, 2.24) is 4.98 Å². The molecule has 0 spiro atoms. The van der Waals surface area contributed by atoms with Crippen LogP contribution >= 0.6 is 22.9 Å². The monoisotopic (exact) mass is 401 g/mol. The average Bonchev–Trinajstić information content (AvgIpc) is 3.18. The van der Waals surface area contributed by atoms with Gasteiger partial charge in [-0.1, -0.05) is 11.6 Å². The molecule has 0 bridgehead atoms. The highest BCUT2D eigenvalue weighted by atomic mass is 35.5. The third-order valence-corrected chi connectivity index (χ3v) is 4.83. The lowest BCUT2D eigenvalue weighted by Gasteiger charge is -2.10. The van der Waals surface area contributed by atoms with Crippen LogP contribution in [0.3, 0.4) is 0 Å². The maximum Gasteiger partial charge on any atom is 0.387 e. The Morgan fingerprint density at radius 2 is 2.27 bits per heavy atom. The zero-order valence-electron chi connectivity index (χ0n) is 13.4. The van der Waals surface area contributed by atoms with Crippen molar-refractivity contribution < 1.29 is 23.1 Å². The maximum atomic E-state index is 12.2. The minimum absolute atomic E-state index is 0.0193. The highest BCUT2D eigenvalue weighted by Gasteiger charge is 2.24. The summed E-state index contributed by atoms with van der Waals surface area (Å²) >= 11 is 7.16. The predicted molar refractivity (Wildman–Crippen MR) is 94.1 cm³/mol. The summed E-state index contributed by atoms with van der Waals surface area (Å²) in [5.41, 5.74) is 0.901. The summed E-state index contributed by atoms with van der Waals surface area (Å²) in [6.45, 7) is -2.34. The summed E-state index contributed by atoms with van der Waals surface area (Å²) < 4.78 is 28.7. The van der Waals surface area contributed by atoms with Gasteiger partial charge in [0.2, 0.25) is 11.8 Å². The number of aromatic nitrogens is 1. The van der Waals surface area contributed by atoms with Crippen LogP contribution in [0.4, 0.5) is 19.6 Å². The summed E-state index contributed by atoms with van der Waals surface area (Å²) in [5.74, 6) is -0.469. The molecule has 1 aromatic heterocycles. The van der Waals surface area contributed by atoms with E-state index < -0.39 is 6.61 Å². The predicted octanol–water partition coefficient (Wildman–Crippen LogP) is 3.71. The summed E-state index contributed by atoms with van der Waals surface area (Å²) in [4.78, 5) is 29.8. The van der Waals surface area contributed by atoms with Gasteiger partial charge in [-0.05, 0) is 24.6 Å². The van der Waals surface area contributed by atoms with Gasteiger partial charge < -0.3 is 10.1 Å². The molecule has 2 heterocycles. The van der Waals surface area contributed by atoms with Crippen LogP contribution in [0.2, 0.25) is 5.02 Å². The van der Waals surface area contributed by atoms with E-state index in [4.69, 9.17) is 11.6 Å². The van der Waals surface area contributed by atoms with Crippen molar-refractivity contribution in [3.8, 4) is 5.75 Å². The molecule has 1 aromatic carbocycles. The van der Waals surface area contributed by atoms with Crippen LogP contribution in [0, 0.1) is 0 Å². The summed E-state index contributed by atoms with van der Waals surface area (Å²) in [6.07, 6.45) is 1.34. The second-order valence-electron chi connectivity index (χ2n) is 5.52.